The highest BCUT2D eigenvalue weighted by Gasteiger charge is 2.30. The largest absolute Gasteiger partial charge is 0.508 e. The second kappa shape index (κ2) is 7.97. The van der Waals surface area contributed by atoms with Crippen molar-refractivity contribution in [2.24, 2.45) is 0 Å². The summed E-state index contributed by atoms with van der Waals surface area (Å²) < 4.78 is 29.2. The summed E-state index contributed by atoms with van der Waals surface area (Å²) in [5.41, 5.74) is 3.31. The lowest BCUT2D eigenvalue weighted by Gasteiger charge is -2.21. The number of aromatic nitrogens is 1. The number of fused-ring (bicyclic) bond motifs is 1. The zero-order valence-electron chi connectivity index (χ0n) is 16.8. The smallest absolute Gasteiger partial charge is 0.256 e. The van der Waals surface area contributed by atoms with Gasteiger partial charge in [-0.25, -0.2) is 13.1 Å². The molecule has 0 aliphatic heterocycles. The predicted molar refractivity (Wildman–Crippen MR) is 119 cm³/mol. The Kier molecular flexibility index (Phi) is 5.37. The van der Waals surface area contributed by atoms with Crippen molar-refractivity contribution in [2.75, 3.05) is 0 Å². The first-order chi connectivity index (χ1) is 14.4. The van der Waals surface area contributed by atoms with E-state index in [4.69, 9.17) is 0 Å². The van der Waals surface area contributed by atoms with Crippen LogP contribution in [0.1, 0.15) is 36.5 Å². The Bertz CT molecular complexity index is 1260. The maximum atomic E-state index is 13.3. The van der Waals surface area contributed by atoms with Crippen molar-refractivity contribution in [1.82, 2.24) is 9.71 Å². The van der Waals surface area contributed by atoms with Gasteiger partial charge in [-0.2, -0.15) is 0 Å². The van der Waals surface area contributed by atoms with E-state index < -0.39 is 10.0 Å². The Labute approximate surface area is 176 Å². The minimum Gasteiger partial charge on any atom is -0.508 e. The first-order valence-corrected chi connectivity index (χ1v) is 11.3. The third kappa shape index (κ3) is 3.84. The summed E-state index contributed by atoms with van der Waals surface area (Å²) in [6, 6.07) is 24.1. The highest BCUT2D eigenvalue weighted by atomic mass is 32.2. The van der Waals surface area contributed by atoms with E-state index in [0.717, 1.165) is 22.0 Å². The van der Waals surface area contributed by atoms with Crippen molar-refractivity contribution in [3.8, 4) is 5.75 Å². The molecule has 3 N–H and O–H groups in total. The second-order valence-corrected chi connectivity index (χ2v) is 9.28. The standard InChI is InChI=1S/C24H24N2O3S/c1-16(2)26-30(28,29)24-23(20-10-6-7-11-21(20)25-24)22(17-8-4-3-5-9-17)18-12-14-19(27)15-13-18/h3-16,22,25-27H,1-2H3. The number of rotatable bonds is 6. The van der Waals surface area contributed by atoms with E-state index in [9.17, 15) is 13.5 Å². The Hall–Kier alpha value is -3.09. The van der Waals surface area contributed by atoms with Crippen molar-refractivity contribution in [2.45, 2.75) is 30.8 Å². The van der Waals surface area contributed by atoms with E-state index in [-0.39, 0.29) is 22.7 Å². The van der Waals surface area contributed by atoms with Crippen LogP contribution < -0.4 is 4.72 Å². The van der Waals surface area contributed by atoms with Gasteiger partial charge in [-0.05, 0) is 43.2 Å². The minimum atomic E-state index is -3.78. The highest BCUT2D eigenvalue weighted by Crippen LogP contribution is 2.40. The lowest BCUT2D eigenvalue weighted by Crippen LogP contribution is -2.31. The predicted octanol–water partition coefficient (Wildman–Crippen LogP) is 4.74. The number of benzene rings is 3. The first kappa shape index (κ1) is 20.2. The second-order valence-electron chi connectivity index (χ2n) is 7.62. The van der Waals surface area contributed by atoms with Gasteiger partial charge >= 0.3 is 0 Å². The molecule has 0 bridgehead atoms. The number of hydrogen-bond donors (Lipinski definition) is 3. The molecule has 1 atom stereocenters. The minimum absolute atomic E-state index is 0.166. The fourth-order valence-electron chi connectivity index (χ4n) is 3.84. The van der Waals surface area contributed by atoms with E-state index in [0.29, 0.717) is 5.56 Å². The Balaban J connectivity index is 2.05. The zero-order valence-corrected chi connectivity index (χ0v) is 17.6. The molecule has 154 valence electrons. The molecule has 4 rings (SSSR count). The number of nitrogens with one attached hydrogen (secondary N) is 2. The molecule has 1 aromatic heterocycles. The molecule has 0 aliphatic rings. The fourth-order valence-corrected chi connectivity index (χ4v) is 5.34. The molecule has 3 aromatic carbocycles. The van der Waals surface area contributed by atoms with Gasteiger partial charge in [-0.1, -0.05) is 60.7 Å². The van der Waals surface area contributed by atoms with Crippen molar-refractivity contribution < 1.29 is 13.5 Å². The Morgan fingerprint density at radius 2 is 1.43 bits per heavy atom. The van der Waals surface area contributed by atoms with Crippen LogP contribution in [0.4, 0.5) is 0 Å². The van der Waals surface area contributed by atoms with E-state index >= 15 is 0 Å². The molecule has 30 heavy (non-hydrogen) atoms. The van der Waals surface area contributed by atoms with Gasteiger partial charge in [0.25, 0.3) is 10.0 Å². The molecule has 0 saturated heterocycles. The quantitative estimate of drug-likeness (QED) is 0.421. The van der Waals surface area contributed by atoms with Crippen molar-refractivity contribution in [1.29, 1.82) is 0 Å². The summed E-state index contributed by atoms with van der Waals surface area (Å²) in [5.74, 6) is -0.166. The maximum Gasteiger partial charge on any atom is 0.256 e. The third-order valence-electron chi connectivity index (χ3n) is 5.02. The molecule has 6 heteroatoms. The average molecular weight is 421 g/mol. The summed E-state index contributed by atoms with van der Waals surface area (Å²) in [6.45, 7) is 3.60. The monoisotopic (exact) mass is 420 g/mol. The van der Waals surface area contributed by atoms with Crippen LogP contribution in [0.15, 0.2) is 83.9 Å². The maximum absolute atomic E-state index is 13.3. The van der Waals surface area contributed by atoms with Crippen LogP contribution in [0.2, 0.25) is 0 Å². The van der Waals surface area contributed by atoms with E-state index in [1.807, 2.05) is 66.7 Å². The van der Waals surface area contributed by atoms with Crippen LogP contribution in [-0.2, 0) is 10.0 Å². The van der Waals surface area contributed by atoms with Crippen LogP contribution in [0.25, 0.3) is 10.9 Å². The van der Waals surface area contributed by atoms with Gasteiger partial charge < -0.3 is 10.1 Å². The third-order valence-corrected chi connectivity index (χ3v) is 6.66. The van der Waals surface area contributed by atoms with E-state index in [2.05, 4.69) is 9.71 Å². The summed E-state index contributed by atoms with van der Waals surface area (Å²) in [6.07, 6.45) is 0. The number of phenolic OH excluding ortho intramolecular Hbond substituents is 1. The molecular formula is C24H24N2O3S. The molecule has 0 aliphatic carbocycles. The molecule has 0 amide bonds. The van der Waals surface area contributed by atoms with Gasteiger partial charge in [-0.3, -0.25) is 0 Å². The van der Waals surface area contributed by atoms with Crippen LogP contribution in [0.3, 0.4) is 0 Å². The van der Waals surface area contributed by atoms with Gasteiger partial charge in [0.05, 0.1) is 0 Å². The Morgan fingerprint density at radius 1 is 0.833 bits per heavy atom. The van der Waals surface area contributed by atoms with Crippen molar-refractivity contribution in [3.05, 3.63) is 95.6 Å². The normalized spacial score (nSPS) is 13.0. The Morgan fingerprint density at radius 3 is 2.10 bits per heavy atom. The molecule has 1 heterocycles. The van der Waals surface area contributed by atoms with Gasteiger partial charge in [-0.15, -0.1) is 0 Å². The molecule has 5 nitrogen and oxygen atoms in total. The summed E-state index contributed by atoms with van der Waals surface area (Å²) >= 11 is 0. The van der Waals surface area contributed by atoms with Gasteiger partial charge in [0.2, 0.25) is 0 Å². The summed E-state index contributed by atoms with van der Waals surface area (Å²) in [4.78, 5) is 3.14. The number of aromatic amines is 1. The number of H-pyrrole nitrogens is 1. The number of hydrogen-bond acceptors (Lipinski definition) is 3. The molecule has 0 fully saturated rings. The van der Waals surface area contributed by atoms with Crippen LogP contribution in [0.5, 0.6) is 5.75 Å². The lowest BCUT2D eigenvalue weighted by atomic mass is 9.85. The molecule has 0 radical (unpaired) electrons. The molecule has 4 aromatic rings. The van der Waals surface area contributed by atoms with Crippen molar-refractivity contribution >= 4 is 20.9 Å². The van der Waals surface area contributed by atoms with Crippen LogP contribution in [0, 0.1) is 0 Å². The molecule has 0 saturated carbocycles. The van der Waals surface area contributed by atoms with Crippen LogP contribution >= 0.6 is 0 Å². The van der Waals surface area contributed by atoms with Gasteiger partial charge in [0, 0.05) is 28.4 Å². The van der Waals surface area contributed by atoms with Crippen LogP contribution in [-0.4, -0.2) is 24.6 Å². The van der Waals surface area contributed by atoms with Gasteiger partial charge in [0.15, 0.2) is 5.03 Å². The molecular weight excluding hydrogens is 396 g/mol. The summed E-state index contributed by atoms with van der Waals surface area (Å²) in [5, 5.41) is 10.8. The van der Waals surface area contributed by atoms with E-state index in [1.54, 1.807) is 26.0 Å². The molecule has 1 unspecified atom stereocenters. The average Bonchev–Trinajstić information content (AvgIpc) is 3.10. The fraction of sp³-hybridized carbons (Fsp3) is 0.167. The van der Waals surface area contributed by atoms with Gasteiger partial charge in [0.1, 0.15) is 5.75 Å². The SMILES string of the molecule is CC(C)NS(=O)(=O)c1[nH]c2ccccc2c1C(c1ccccc1)c1ccc(O)cc1. The zero-order chi connectivity index (χ0) is 21.3. The number of aromatic hydroxyl groups is 1. The lowest BCUT2D eigenvalue weighted by molar-refractivity contribution is 0.475. The van der Waals surface area contributed by atoms with E-state index in [1.165, 1.54) is 0 Å². The summed E-state index contributed by atoms with van der Waals surface area (Å²) in [7, 11) is -3.78. The number of phenols is 1. The first-order valence-electron chi connectivity index (χ1n) is 9.83. The number of sulfonamides is 1. The topological polar surface area (TPSA) is 82.2 Å². The highest BCUT2D eigenvalue weighted by molar-refractivity contribution is 7.89. The molecule has 0 spiro atoms. The number of para-hydroxylation sites is 1. The van der Waals surface area contributed by atoms with Crippen molar-refractivity contribution in [3.63, 3.8) is 0 Å².